The van der Waals surface area contributed by atoms with Gasteiger partial charge in [-0.2, -0.15) is 0 Å². The largest absolute Gasteiger partial charge is 0.497 e. The van der Waals surface area contributed by atoms with E-state index in [4.69, 9.17) is 4.74 Å². The molecule has 0 spiro atoms. The van der Waals surface area contributed by atoms with Gasteiger partial charge in [0.15, 0.2) is 0 Å². The van der Waals surface area contributed by atoms with Gasteiger partial charge in [-0.05, 0) is 36.4 Å². The minimum atomic E-state index is -0.766. The second-order valence-electron chi connectivity index (χ2n) is 6.03. The summed E-state index contributed by atoms with van der Waals surface area (Å²) in [5.41, 5.74) is 4.91. The number of halogens is 1. The van der Waals surface area contributed by atoms with Gasteiger partial charge in [-0.15, -0.1) is 0 Å². The highest BCUT2D eigenvalue weighted by Crippen LogP contribution is 2.26. The molecule has 0 saturated carbocycles. The van der Waals surface area contributed by atoms with Crippen LogP contribution in [-0.4, -0.2) is 31.4 Å². The Bertz CT molecular complexity index is 870. The Hall–Kier alpha value is -3.42. The van der Waals surface area contributed by atoms with Crippen LogP contribution in [0.5, 0.6) is 5.75 Å². The summed E-state index contributed by atoms with van der Waals surface area (Å²) in [6.07, 6.45) is 0.0213. The third-order valence-electron chi connectivity index (χ3n) is 4.30. The topological polar surface area (TPSA) is 87.7 Å². The first-order valence-electron chi connectivity index (χ1n) is 8.28. The Morgan fingerprint density at radius 2 is 1.81 bits per heavy atom. The lowest BCUT2D eigenvalue weighted by molar-refractivity contribution is -0.126. The average Bonchev–Trinajstić information content (AvgIpc) is 3.08. The number of ether oxygens (including phenoxy) is 1. The number of amides is 3. The van der Waals surface area contributed by atoms with Crippen molar-refractivity contribution in [3.8, 4) is 5.75 Å². The molecule has 0 aliphatic carbocycles. The van der Waals surface area contributed by atoms with E-state index >= 15 is 0 Å². The number of nitrogens with zero attached hydrogens (tertiary/aromatic N) is 1. The predicted molar refractivity (Wildman–Crippen MR) is 95.5 cm³/mol. The molecule has 140 valence electrons. The number of hydrazine groups is 1. The zero-order chi connectivity index (χ0) is 19.4. The Labute approximate surface area is 155 Å². The molecule has 27 heavy (non-hydrogen) atoms. The van der Waals surface area contributed by atoms with Crippen LogP contribution in [-0.2, 0) is 9.59 Å². The standard InChI is InChI=1S/C19H18FN3O4/c1-27-14-8-6-13(7-9-14)23-11-12(10-17(23)24)18(25)21-22-19(26)15-4-2-3-5-16(15)20/h2-9,12H,10-11H2,1H3,(H,21,25)(H,22,26)/t12-/m0/s1. The second-order valence-corrected chi connectivity index (χ2v) is 6.03. The molecule has 2 N–H and O–H groups in total. The van der Waals surface area contributed by atoms with Gasteiger partial charge in [0.05, 0.1) is 18.6 Å². The van der Waals surface area contributed by atoms with Crippen LogP contribution in [0.4, 0.5) is 10.1 Å². The van der Waals surface area contributed by atoms with Crippen molar-refractivity contribution < 1.29 is 23.5 Å². The van der Waals surface area contributed by atoms with E-state index in [2.05, 4.69) is 10.9 Å². The number of carbonyl (C=O) groups is 3. The van der Waals surface area contributed by atoms with Crippen molar-refractivity contribution in [2.45, 2.75) is 6.42 Å². The zero-order valence-corrected chi connectivity index (χ0v) is 14.6. The van der Waals surface area contributed by atoms with Crippen molar-refractivity contribution >= 4 is 23.4 Å². The van der Waals surface area contributed by atoms with E-state index in [1.165, 1.54) is 23.1 Å². The number of methoxy groups -OCH3 is 1. The van der Waals surface area contributed by atoms with Crippen molar-refractivity contribution in [1.29, 1.82) is 0 Å². The Morgan fingerprint density at radius 1 is 1.11 bits per heavy atom. The molecule has 1 heterocycles. The first kappa shape index (κ1) is 18.4. The molecule has 2 aromatic rings. The summed E-state index contributed by atoms with van der Waals surface area (Å²) in [6.45, 7) is 0.187. The van der Waals surface area contributed by atoms with E-state index in [1.807, 2.05) is 0 Å². The van der Waals surface area contributed by atoms with E-state index in [1.54, 1.807) is 31.4 Å². The number of anilines is 1. The van der Waals surface area contributed by atoms with Crippen LogP contribution in [0.15, 0.2) is 48.5 Å². The third kappa shape index (κ3) is 4.05. The van der Waals surface area contributed by atoms with Gasteiger partial charge in [-0.25, -0.2) is 4.39 Å². The van der Waals surface area contributed by atoms with Crippen LogP contribution >= 0.6 is 0 Å². The number of benzene rings is 2. The molecule has 2 aromatic carbocycles. The van der Waals surface area contributed by atoms with E-state index < -0.39 is 23.5 Å². The third-order valence-corrected chi connectivity index (χ3v) is 4.30. The van der Waals surface area contributed by atoms with Crippen molar-refractivity contribution in [2.24, 2.45) is 5.92 Å². The SMILES string of the molecule is COc1ccc(N2C[C@@H](C(=O)NNC(=O)c3ccccc3F)CC2=O)cc1. The summed E-state index contributed by atoms with van der Waals surface area (Å²) in [5, 5.41) is 0. The fourth-order valence-electron chi connectivity index (χ4n) is 2.83. The van der Waals surface area contributed by atoms with Crippen molar-refractivity contribution in [1.82, 2.24) is 10.9 Å². The molecule has 0 bridgehead atoms. The molecular weight excluding hydrogens is 353 g/mol. The van der Waals surface area contributed by atoms with Crippen molar-refractivity contribution in [3.05, 3.63) is 59.9 Å². The summed E-state index contributed by atoms with van der Waals surface area (Å²) in [4.78, 5) is 37.9. The van der Waals surface area contributed by atoms with E-state index in [9.17, 15) is 18.8 Å². The van der Waals surface area contributed by atoms with Gasteiger partial charge in [-0.3, -0.25) is 25.2 Å². The van der Waals surface area contributed by atoms with Gasteiger partial charge in [0.1, 0.15) is 11.6 Å². The number of hydrogen-bond donors (Lipinski definition) is 2. The number of hydrogen-bond acceptors (Lipinski definition) is 4. The van der Waals surface area contributed by atoms with Crippen LogP contribution in [0.2, 0.25) is 0 Å². The Kier molecular flexibility index (Phi) is 5.35. The zero-order valence-electron chi connectivity index (χ0n) is 14.6. The molecule has 1 fully saturated rings. The lowest BCUT2D eigenvalue weighted by Gasteiger charge is -2.17. The number of carbonyl (C=O) groups excluding carboxylic acids is 3. The molecule has 1 aliphatic heterocycles. The lowest BCUT2D eigenvalue weighted by Crippen LogP contribution is -2.45. The van der Waals surface area contributed by atoms with Crippen LogP contribution in [0, 0.1) is 11.7 Å². The molecular formula is C19H18FN3O4. The van der Waals surface area contributed by atoms with Crippen LogP contribution in [0.3, 0.4) is 0 Å². The first-order valence-corrected chi connectivity index (χ1v) is 8.28. The molecule has 1 atom stereocenters. The minimum Gasteiger partial charge on any atom is -0.497 e. The second kappa shape index (κ2) is 7.86. The maximum absolute atomic E-state index is 13.6. The summed E-state index contributed by atoms with van der Waals surface area (Å²) >= 11 is 0. The lowest BCUT2D eigenvalue weighted by atomic mass is 10.1. The van der Waals surface area contributed by atoms with Crippen LogP contribution in [0.25, 0.3) is 0 Å². The maximum atomic E-state index is 13.6. The molecule has 1 aliphatic rings. The van der Waals surface area contributed by atoms with Gasteiger partial charge in [0, 0.05) is 18.7 Å². The normalized spacial score (nSPS) is 16.1. The fourth-order valence-corrected chi connectivity index (χ4v) is 2.83. The fraction of sp³-hybridized carbons (Fsp3) is 0.211. The van der Waals surface area contributed by atoms with E-state index in [0.717, 1.165) is 6.07 Å². The summed E-state index contributed by atoms with van der Waals surface area (Å²) in [7, 11) is 1.55. The van der Waals surface area contributed by atoms with Gasteiger partial charge < -0.3 is 9.64 Å². The molecule has 3 rings (SSSR count). The molecule has 8 heteroatoms. The van der Waals surface area contributed by atoms with Crippen LogP contribution < -0.4 is 20.5 Å². The highest BCUT2D eigenvalue weighted by atomic mass is 19.1. The van der Waals surface area contributed by atoms with Crippen molar-refractivity contribution in [3.63, 3.8) is 0 Å². The molecule has 0 unspecified atom stereocenters. The highest BCUT2D eigenvalue weighted by Gasteiger charge is 2.35. The predicted octanol–water partition coefficient (Wildman–Crippen LogP) is 1.65. The molecule has 3 amide bonds. The Balaban J connectivity index is 1.58. The van der Waals surface area contributed by atoms with Crippen molar-refractivity contribution in [2.75, 3.05) is 18.6 Å². The summed E-state index contributed by atoms with van der Waals surface area (Å²) in [5.74, 6) is -2.12. The van der Waals surface area contributed by atoms with E-state index in [0.29, 0.717) is 11.4 Å². The summed E-state index contributed by atoms with van der Waals surface area (Å²) < 4.78 is 18.7. The smallest absolute Gasteiger partial charge is 0.272 e. The average molecular weight is 371 g/mol. The number of rotatable bonds is 4. The summed E-state index contributed by atoms with van der Waals surface area (Å²) in [6, 6.07) is 12.4. The maximum Gasteiger partial charge on any atom is 0.272 e. The first-order chi connectivity index (χ1) is 13.0. The Morgan fingerprint density at radius 3 is 2.48 bits per heavy atom. The van der Waals surface area contributed by atoms with Gasteiger partial charge in [-0.1, -0.05) is 12.1 Å². The minimum absolute atomic E-state index is 0.0213. The quantitative estimate of drug-likeness (QED) is 0.800. The molecule has 0 aromatic heterocycles. The van der Waals surface area contributed by atoms with Gasteiger partial charge in [0.2, 0.25) is 11.8 Å². The van der Waals surface area contributed by atoms with E-state index in [-0.39, 0.29) is 24.4 Å². The van der Waals surface area contributed by atoms with Gasteiger partial charge in [0.25, 0.3) is 5.91 Å². The highest BCUT2D eigenvalue weighted by molar-refractivity contribution is 6.01. The molecule has 0 radical (unpaired) electrons. The van der Waals surface area contributed by atoms with Crippen LogP contribution in [0.1, 0.15) is 16.8 Å². The number of nitrogens with one attached hydrogen (secondary N) is 2. The molecule has 7 nitrogen and oxygen atoms in total. The van der Waals surface area contributed by atoms with Gasteiger partial charge >= 0.3 is 0 Å². The monoisotopic (exact) mass is 371 g/mol. The molecule has 1 saturated heterocycles.